The van der Waals surface area contributed by atoms with Gasteiger partial charge in [0.1, 0.15) is 5.75 Å². The van der Waals surface area contributed by atoms with E-state index in [1.165, 1.54) is 9.58 Å². The SMILES string of the molecule is COc1ccccc1-c1nnc(SCC(=O)N2CCCC2=O)n1N. The fraction of sp³-hybridized carbons (Fsp3) is 0.333. The zero-order chi connectivity index (χ0) is 17.1. The van der Waals surface area contributed by atoms with Crippen LogP contribution >= 0.6 is 11.8 Å². The summed E-state index contributed by atoms with van der Waals surface area (Å²) in [5.41, 5.74) is 0.711. The van der Waals surface area contributed by atoms with Crippen LogP contribution in [-0.2, 0) is 9.59 Å². The molecular weight excluding hydrogens is 330 g/mol. The number of likely N-dealkylation sites (tertiary alicyclic amines) is 1. The van der Waals surface area contributed by atoms with E-state index in [0.717, 1.165) is 18.2 Å². The number of imide groups is 1. The number of aromatic nitrogens is 3. The molecule has 3 rings (SSSR count). The predicted molar refractivity (Wildman–Crippen MR) is 88.8 cm³/mol. The summed E-state index contributed by atoms with van der Waals surface area (Å²) in [6.45, 7) is 0.486. The van der Waals surface area contributed by atoms with E-state index in [-0.39, 0.29) is 17.6 Å². The molecule has 2 heterocycles. The number of nitrogens with zero attached hydrogens (tertiary/aromatic N) is 4. The maximum atomic E-state index is 12.1. The Balaban J connectivity index is 1.73. The van der Waals surface area contributed by atoms with Crippen molar-refractivity contribution < 1.29 is 14.3 Å². The van der Waals surface area contributed by atoms with Crippen LogP contribution in [-0.4, -0.2) is 51.0 Å². The molecule has 2 amide bonds. The smallest absolute Gasteiger partial charge is 0.239 e. The van der Waals surface area contributed by atoms with Crippen molar-refractivity contribution in [1.82, 2.24) is 19.8 Å². The molecule has 1 aromatic heterocycles. The van der Waals surface area contributed by atoms with E-state index in [1.54, 1.807) is 13.2 Å². The molecule has 0 spiro atoms. The monoisotopic (exact) mass is 347 g/mol. The Morgan fingerprint density at radius 3 is 2.88 bits per heavy atom. The largest absolute Gasteiger partial charge is 0.496 e. The summed E-state index contributed by atoms with van der Waals surface area (Å²) >= 11 is 1.15. The molecule has 1 aliphatic heterocycles. The number of benzene rings is 1. The van der Waals surface area contributed by atoms with Gasteiger partial charge in [-0.05, 0) is 18.6 Å². The van der Waals surface area contributed by atoms with Crippen LogP contribution in [0.25, 0.3) is 11.4 Å². The first-order chi connectivity index (χ1) is 11.6. The molecule has 1 saturated heterocycles. The predicted octanol–water partition coefficient (Wildman–Crippen LogP) is 0.909. The molecule has 9 heteroatoms. The lowest BCUT2D eigenvalue weighted by Gasteiger charge is -2.12. The van der Waals surface area contributed by atoms with Gasteiger partial charge in [0.25, 0.3) is 0 Å². The lowest BCUT2D eigenvalue weighted by atomic mass is 10.2. The standard InChI is InChI=1S/C15H17N5O3S/c1-23-11-6-3-2-5-10(11)14-17-18-15(20(14)16)24-9-13(22)19-8-4-7-12(19)21/h2-3,5-6H,4,7-9,16H2,1H3. The number of hydrogen-bond donors (Lipinski definition) is 1. The number of ether oxygens (including phenoxy) is 1. The first-order valence-electron chi connectivity index (χ1n) is 7.41. The van der Waals surface area contributed by atoms with Crippen LogP contribution in [0, 0.1) is 0 Å². The fourth-order valence-corrected chi connectivity index (χ4v) is 3.24. The molecule has 0 saturated carbocycles. The Morgan fingerprint density at radius 2 is 2.17 bits per heavy atom. The molecule has 0 bridgehead atoms. The van der Waals surface area contributed by atoms with Crippen molar-refractivity contribution in [2.75, 3.05) is 25.3 Å². The Morgan fingerprint density at radius 1 is 1.38 bits per heavy atom. The third kappa shape index (κ3) is 3.07. The first kappa shape index (κ1) is 16.3. The number of nitrogens with two attached hydrogens (primary N) is 1. The molecule has 1 fully saturated rings. The molecule has 2 aromatic rings. The number of rotatable bonds is 5. The number of hydrogen-bond acceptors (Lipinski definition) is 7. The van der Waals surface area contributed by atoms with Crippen molar-refractivity contribution in [1.29, 1.82) is 0 Å². The molecule has 1 aromatic carbocycles. The van der Waals surface area contributed by atoms with Crippen molar-refractivity contribution in [2.24, 2.45) is 0 Å². The maximum absolute atomic E-state index is 12.1. The van der Waals surface area contributed by atoms with Crippen molar-refractivity contribution in [3.05, 3.63) is 24.3 Å². The third-order valence-electron chi connectivity index (χ3n) is 3.71. The maximum Gasteiger partial charge on any atom is 0.239 e. The van der Waals surface area contributed by atoms with Gasteiger partial charge >= 0.3 is 0 Å². The van der Waals surface area contributed by atoms with E-state index >= 15 is 0 Å². The Hall–Kier alpha value is -2.55. The van der Waals surface area contributed by atoms with Gasteiger partial charge in [-0.25, -0.2) is 4.68 Å². The van der Waals surface area contributed by atoms with Crippen LogP contribution in [0.4, 0.5) is 0 Å². The minimum Gasteiger partial charge on any atom is -0.496 e. The van der Waals surface area contributed by atoms with Crippen LogP contribution < -0.4 is 10.6 Å². The number of nitrogen functional groups attached to an aromatic ring is 1. The average molecular weight is 347 g/mol. The highest BCUT2D eigenvalue weighted by Gasteiger charge is 2.26. The highest BCUT2D eigenvalue weighted by molar-refractivity contribution is 7.99. The lowest BCUT2D eigenvalue weighted by molar-refractivity contribution is -0.140. The molecular formula is C15H17N5O3S. The summed E-state index contributed by atoms with van der Waals surface area (Å²) in [7, 11) is 1.57. The van der Waals surface area contributed by atoms with Gasteiger partial charge in [0.15, 0.2) is 5.82 Å². The number of para-hydroxylation sites is 1. The van der Waals surface area contributed by atoms with Gasteiger partial charge in [-0.1, -0.05) is 23.9 Å². The molecule has 0 atom stereocenters. The van der Waals surface area contributed by atoms with Gasteiger partial charge in [0.05, 0.1) is 18.4 Å². The second-order valence-corrected chi connectivity index (χ2v) is 6.15. The topological polar surface area (TPSA) is 103 Å². The quantitative estimate of drug-likeness (QED) is 0.633. The molecule has 0 aliphatic carbocycles. The van der Waals surface area contributed by atoms with Gasteiger partial charge in [-0.2, -0.15) is 0 Å². The third-order valence-corrected chi connectivity index (χ3v) is 4.64. The molecule has 8 nitrogen and oxygen atoms in total. The van der Waals surface area contributed by atoms with Crippen LogP contribution in [0.5, 0.6) is 5.75 Å². The molecule has 0 radical (unpaired) electrons. The zero-order valence-corrected chi connectivity index (χ0v) is 14.0. The van der Waals surface area contributed by atoms with Crippen LogP contribution in [0.15, 0.2) is 29.4 Å². The van der Waals surface area contributed by atoms with Gasteiger partial charge in [-0.3, -0.25) is 14.5 Å². The number of methoxy groups -OCH3 is 1. The average Bonchev–Trinajstić information content (AvgIpc) is 3.18. The van der Waals surface area contributed by atoms with Gasteiger partial charge < -0.3 is 10.6 Å². The van der Waals surface area contributed by atoms with E-state index < -0.39 is 0 Å². The van der Waals surface area contributed by atoms with Crippen LogP contribution in [0.3, 0.4) is 0 Å². The normalized spacial score (nSPS) is 14.2. The fourth-order valence-electron chi connectivity index (χ4n) is 2.50. The Bertz CT molecular complexity index is 776. The van der Waals surface area contributed by atoms with E-state index in [4.69, 9.17) is 10.6 Å². The summed E-state index contributed by atoms with van der Waals surface area (Å²) < 4.78 is 6.62. The summed E-state index contributed by atoms with van der Waals surface area (Å²) in [5.74, 6) is 6.86. The molecule has 0 unspecified atom stereocenters. The zero-order valence-electron chi connectivity index (χ0n) is 13.1. The van der Waals surface area contributed by atoms with Gasteiger partial charge in [0.2, 0.25) is 17.0 Å². The number of carbonyl (C=O) groups excluding carboxylic acids is 2. The van der Waals surface area contributed by atoms with Crippen LogP contribution in [0.2, 0.25) is 0 Å². The highest BCUT2D eigenvalue weighted by atomic mass is 32.2. The second-order valence-electron chi connectivity index (χ2n) is 5.21. The summed E-state index contributed by atoms with van der Waals surface area (Å²) in [5, 5.41) is 8.50. The molecule has 126 valence electrons. The first-order valence-corrected chi connectivity index (χ1v) is 8.40. The summed E-state index contributed by atoms with van der Waals surface area (Å²) in [4.78, 5) is 24.9. The Labute approximate surface area is 142 Å². The van der Waals surface area contributed by atoms with Gasteiger partial charge in [0, 0.05) is 13.0 Å². The minimum atomic E-state index is -0.232. The lowest BCUT2D eigenvalue weighted by Crippen LogP contribution is -2.33. The van der Waals surface area contributed by atoms with Crippen molar-refractivity contribution in [2.45, 2.75) is 18.0 Å². The number of carbonyl (C=O) groups is 2. The Kier molecular flexibility index (Phi) is 4.70. The van der Waals surface area contributed by atoms with Crippen molar-refractivity contribution in [3.8, 4) is 17.1 Å². The van der Waals surface area contributed by atoms with Crippen molar-refractivity contribution in [3.63, 3.8) is 0 Å². The highest BCUT2D eigenvalue weighted by Crippen LogP contribution is 2.29. The van der Waals surface area contributed by atoms with Crippen molar-refractivity contribution >= 4 is 23.6 Å². The van der Waals surface area contributed by atoms with E-state index in [1.807, 2.05) is 18.2 Å². The summed E-state index contributed by atoms with van der Waals surface area (Å²) in [6.07, 6.45) is 1.15. The van der Waals surface area contributed by atoms with E-state index in [0.29, 0.717) is 35.3 Å². The van der Waals surface area contributed by atoms with Crippen LogP contribution in [0.1, 0.15) is 12.8 Å². The number of thioether (sulfide) groups is 1. The summed E-state index contributed by atoms with van der Waals surface area (Å²) in [6, 6.07) is 7.33. The second kappa shape index (κ2) is 6.91. The molecule has 1 aliphatic rings. The minimum absolute atomic E-state index is 0.0903. The number of amides is 2. The van der Waals surface area contributed by atoms with Gasteiger partial charge in [-0.15, -0.1) is 10.2 Å². The van der Waals surface area contributed by atoms with E-state index in [2.05, 4.69) is 10.2 Å². The van der Waals surface area contributed by atoms with E-state index in [9.17, 15) is 9.59 Å². The molecule has 24 heavy (non-hydrogen) atoms. The molecule has 2 N–H and O–H groups in total.